The van der Waals surface area contributed by atoms with Gasteiger partial charge in [-0.1, -0.05) is 37.9 Å². The second-order valence-electron chi connectivity index (χ2n) is 3.66. The van der Waals surface area contributed by atoms with Gasteiger partial charge in [-0.2, -0.15) is 8.42 Å². The van der Waals surface area contributed by atoms with E-state index in [1.165, 1.54) is 12.1 Å². The molecule has 0 fully saturated rings. The van der Waals surface area contributed by atoms with E-state index in [-0.39, 0.29) is 11.5 Å². The molecule has 0 aliphatic carbocycles. The van der Waals surface area contributed by atoms with E-state index in [1.54, 1.807) is 19.1 Å². The van der Waals surface area contributed by atoms with E-state index in [0.29, 0.717) is 6.42 Å². The van der Waals surface area contributed by atoms with Crippen molar-refractivity contribution in [3.05, 3.63) is 29.8 Å². The number of hydrogen-bond donors (Lipinski definition) is 0. The van der Waals surface area contributed by atoms with Crippen molar-refractivity contribution in [1.82, 2.24) is 0 Å². The Bertz CT molecular complexity index is 506. The zero-order valence-electron chi connectivity index (χ0n) is 12.4. The zero-order valence-corrected chi connectivity index (χ0v) is 10.3. The Hall–Kier alpha value is -0.870. The molecule has 0 heterocycles. The smallest absolute Gasteiger partial charge is 0.266 e. The average Bonchev–Trinajstić information content (AvgIpc) is 2.28. The first-order valence-electron chi connectivity index (χ1n) is 6.63. The van der Waals surface area contributed by atoms with Gasteiger partial charge in [-0.15, -0.1) is 0 Å². The normalized spacial score (nSPS) is 17.2. The van der Waals surface area contributed by atoms with Gasteiger partial charge in [0.15, 0.2) is 0 Å². The summed E-state index contributed by atoms with van der Waals surface area (Å²) in [6, 6.07) is 6.22. The van der Waals surface area contributed by atoms with E-state index in [1.807, 2.05) is 6.92 Å². The Labute approximate surface area is 102 Å². The molecule has 1 rings (SSSR count). The molecule has 3 nitrogen and oxygen atoms in total. The molecular formula is C12H18O3S. The van der Waals surface area contributed by atoms with Crippen molar-refractivity contribution in [2.24, 2.45) is 5.92 Å². The Balaban J connectivity index is 2.78. The van der Waals surface area contributed by atoms with Gasteiger partial charge >= 0.3 is 0 Å². The van der Waals surface area contributed by atoms with E-state index in [4.69, 9.17) is 8.30 Å². The Morgan fingerprint density at radius 2 is 2.00 bits per heavy atom. The van der Waals surface area contributed by atoms with E-state index in [2.05, 4.69) is 0 Å². The van der Waals surface area contributed by atoms with Crippen LogP contribution in [0.3, 0.4) is 0 Å². The first kappa shape index (κ1) is 9.19. The molecule has 0 aliphatic rings. The highest BCUT2D eigenvalue weighted by Gasteiger charge is 2.15. The van der Waals surface area contributed by atoms with Gasteiger partial charge in [-0.25, -0.2) is 0 Å². The number of hydrogen-bond acceptors (Lipinski definition) is 3. The fourth-order valence-electron chi connectivity index (χ4n) is 1.06. The molecule has 4 heteroatoms. The Kier molecular flexibility index (Phi) is 3.13. The summed E-state index contributed by atoms with van der Waals surface area (Å²) in [6.07, 6.45) is 0.333. The van der Waals surface area contributed by atoms with Crippen molar-refractivity contribution < 1.29 is 16.7 Å². The van der Waals surface area contributed by atoms with Crippen molar-refractivity contribution in [3.63, 3.8) is 0 Å². The average molecular weight is 245 g/mol. The van der Waals surface area contributed by atoms with Crippen LogP contribution in [-0.4, -0.2) is 15.0 Å². The summed E-state index contributed by atoms with van der Waals surface area (Å²) in [5.74, 6) is -0.785. The van der Waals surface area contributed by atoms with Crippen LogP contribution in [0.15, 0.2) is 29.2 Å². The van der Waals surface area contributed by atoms with Crippen molar-refractivity contribution in [3.8, 4) is 0 Å². The van der Waals surface area contributed by atoms with Crippen LogP contribution >= 0.6 is 0 Å². The van der Waals surface area contributed by atoms with Gasteiger partial charge in [0, 0.05) is 4.11 Å². The maximum Gasteiger partial charge on any atom is 0.296 e. The molecule has 1 unspecified atom stereocenters. The highest BCUT2D eigenvalue weighted by molar-refractivity contribution is 7.86. The minimum atomic E-state index is -3.89. The van der Waals surface area contributed by atoms with Crippen LogP contribution in [0.25, 0.3) is 0 Å². The first-order valence-corrected chi connectivity index (χ1v) is 6.53. The summed E-state index contributed by atoms with van der Waals surface area (Å²) >= 11 is 0. The molecule has 1 atom stereocenters. The van der Waals surface area contributed by atoms with Gasteiger partial charge in [-0.05, 0) is 25.0 Å². The van der Waals surface area contributed by atoms with Crippen LogP contribution < -0.4 is 0 Å². The van der Waals surface area contributed by atoms with Crippen LogP contribution in [0.1, 0.15) is 29.9 Å². The standard InChI is InChI=1S/C12H18O3S/c1-4-10(2)9-15-16(13,14)12-7-5-11(3)6-8-12/h5-8,10H,4,9H2,1-3H3/i2D3. The highest BCUT2D eigenvalue weighted by atomic mass is 32.2. The zero-order chi connectivity index (χ0) is 14.7. The van der Waals surface area contributed by atoms with E-state index in [9.17, 15) is 8.42 Å². The number of rotatable bonds is 5. The molecule has 0 aromatic heterocycles. The molecule has 0 spiro atoms. The fourth-order valence-corrected chi connectivity index (χ4v) is 2.01. The lowest BCUT2D eigenvalue weighted by molar-refractivity contribution is 0.261. The molecule has 0 saturated heterocycles. The third-order valence-corrected chi connectivity index (χ3v) is 3.52. The maximum absolute atomic E-state index is 11.9. The van der Waals surface area contributed by atoms with Crippen LogP contribution in [0, 0.1) is 12.8 Å². The van der Waals surface area contributed by atoms with Gasteiger partial charge in [0.25, 0.3) is 10.1 Å². The van der Waals surface area contributed by atoms with Crippen LogP contribution in [-0.2, 0) is 14.3 Å². The van der Waals surface area contributed by atoms with Gasteiger partial charge in [0.2, 0.25) is 0 Å². The Morgan fingerprint density at radius 1 is 1.38 bits per heavy atom. The van der Waals surface area contributed by atoms with Crippen molar-refractivity contribution in [2.45, 2.75) is 32.0 Å². The lowest BCUT2D eigenvalue weighted by Gasteiger charge is -2.09. The summed E-state index contributed by atoms with van der Waals surface area (Å²) in [7, 11) is -3.89. The topological polar surface area (TPSA) is 43.4 Å². The summed E-state index contributed by atoms with van der Waals surface area (Å²) in [6.45, 7) is 0.999. The molecule has 16 heavy (non-hydrogen) atoms. The van der Waals surface area contributed by atoms with Crippen LogP contribution in [0.5, 0.6) is 0 Å². The minimum absolute atomic E-state index is 0.0403. The Morgan fingerprint density at radius 3 is 2.50 bits per heavy atom. The quantitative estimate of drug-likeness (QED) is 0.749. The van der Waals surface area contributed by atoms with Gasteiger partial charge in [0.05, 0.1) is 11.5 Å². The van der Waals surface area contributed by atoms with Crippen molar-refractivity contribution in [2.75, 3.05) is 6.61 Å². The SMILES string of the molecule is [2H]C([2H])([2H])C(CC)COS(=O)(=O)c1ccc(C)cc1. The molecule has 1 aromatic rings. The number of aryl methyl sites for hydroxylation is 1. The molecule has 0 aliphatic heterocycles. The summed E-state index contributed by atoms with van der Waals surface area (Å²) in [5.41, 5.74) is 0.938. The third-order valence-electron chi connectivity index (χ3n) is 2.23. The van der Waals surface area contributed by atoms with Crippen LogP contribution in [0.4, 0.5) is 0 Å². The second-order valence-corrected chi connectivity index (χ2v) is 5.27. The molecular weight excluding hydrogens is 224 g/mol. The van der Waals surface area contributed by atoms with E-state index in [0.717, 1.165) is 5.56 Å². The molecule has 0 N–H and O–H groups in total. The summed E-state index contributed by atoms with van der Waals surface area (Å²) in [4.78, 5) is 0.0403. The molecule has 0 amide bonds. The van der Waals surface area contributed by atoms with Crippen molar-refractivity contribution in [1.29, 1.82) is 0 Å². The molecule has 0 saturated carbocycles. The fraction of sp³-hybridized carbons (Fsp3) is 0.500. The lowest BCUT2D eigenvalue weighted by atomic mass is 10.1. The highest BCUT2D eigenvalue weighted by Crippen LogP contribution is 2.14. The lowest BCUT2D eigenvalue weighted by Crippen LogP contribution is -2.12. The van der Waals surface area contributed by atoms with Gasteiger partial charge in [0.1, 0.15) is 0 Å². The number of benzene rings is 1. The maximum atomic E-state index is 11.9. The van der Waals surface area contributed by atoms with Gasteiger partial charge in [-0.3, -0.25) is 4.18 Å². The third kappa shape index (κ3) is 3.61. The minimum Gasteiger partial charge on any atom is -0.266 e. The molecule has 0 bridgehead atoms. The second kappa shape index (κ2) is 5.46. The van der Waals surface area contributed by atoms with Gasteiger partial charge < -0.3 is 0 Å². The largest absolute Gasteiger partial charge is 0.296 e. The first-order chi connectivity index (χ1) is 8.66. The molecule has 0 radical (unpaired) electrons. The monoisotopic (exact) mass is 245 g/mol. The molecule has 1 aromatic carbocycles. The summed E-state index contributed by atoms with van der Waals surface area (Å²) in [5, 5.41) is 0. The summed E-state index contributed by atoms with van der Waals surface area (Å²) < 4.78 is 50.5. The molecule has 90 valence electrons. The van der Waals surface area contributed by atoms with Crippen LogP contribution in [0.2, 0.25) is 0 Å². The predicted molar refractivity (Wildman–Crippen MR) is 63.8 cm³/mol. The van der Waals surface area contributed by atoms with E-state index >= 15 is 0 Å². The van der Waals surface area contributed by atoms with E-state index < -0.39 is 22.9 Å². The predicted octanol–water partition coefficient (Wildman–Crippen LogP) is 2.75. The van der Waals surface area contributed by atoms with Crippen molar-refractivity contribution >= 4 is 10.1 Å².